The number of benzene rings is 2. The van der Waals surface area contributed by atoms with Gasteiger partial charge in [-0.3, -0.25) is 4.79 Å². The molecule has 4 nitrogen and oxygen atoms in total. The van der Waals surface area contributed by atoms with E-state index < -0.39 is 0 Å². The van der Waals surface area contributed by atoms with E-state index >= 15 is 0 Å². The fraction of sp³-hybridized carbons (Fsp3) is 0.0625. The lowest BCUT2D eigenvalue weighted by Crippen LogP contribution is -2.09. The van der Waals surface area contributed by atoms with Crippen LogP contribution >= 0.6 is 0 Å². The smallest absolute Gasteiger partial charge is 0.195 e. The van der Waals surface area contributed by atoms with Crippen LogP contribution in [0.3, 0.4) is 0 Å². The van der Waals surface area contributed by atoms with E-state index in [4.69, 9.17) is 0 Å². The topological polar surface area (TPSA) is 47.8 Å². The number of hydrogen-bond donors (Lipinski definition) is 0. The van der Waals surface area contributed by atoms with E-state index in [0.717, 1.165) is 5.56 Å². The number of hydrogen-bond acceptors (Lipinski definition) is 3. The lowest BCUT2D eigenvalue weighted by molar-refractivity contribution is 0.103. The summed E-state index contributed by atoms with van der Waals surface area (Å²) in [5.41, 5.74) is 3.01. The summed E-state index contributed by atoms with van der Waals surface area (Å²) in [7, 11) is 0. The maximum absolute atomic E-state index is 12.6. The molecule has 20 heavy (non-hydrogen) atoms. The number of nitrogens with zero attached hydrogens (tertiary/aromatic N) is 3. The van der Waals surface area contributed by atoms with Crippen LogP contribution in [-0.2, 0) is 0 Å². The van der Waals surface area contributed by atoms with Gasteiger partial charge in [0.15, 0.2) is 5.78 Å². The van der Waals surface area contributed by atoms with Crippen molar-refractivity contribution in [1.82, 2.24) is 15.0 Å². The summed E-state index contributed by atoms with van der Waals surface area (Å²) < 4.78 is 0. The average Bonchev–Trinajstić information content (AvgIpc) is 3.01. The molecule has 3 rings (SSSR count). The Balaban J connectivity index is 2.13. The van der Waals surface area contributed by atoms with Crippen molar-refractivity contribution in [2.45, 2.75) is 6.92 Å². The van der Waals surface area contributed by atoms with Crippen LogP contribution in [0.5, 0.6) is 0 Å². The number of aromatic nitrogens is 3. The van der Waals surface area contributed by atoms with Crippen molar-refractivity contribution in [3.05, 3.63) is 77.6 Å². The van der Waals surface area contributed by atoms with E-state index in [2.05, 4.69) is 10.2 Å². The van der Waals surface area contributed by atoms with Crippen LogP contribution in [0.25, 0.3) is 5.69 Å². The number of carbonyl (C=O) groups is 1. The second-order valence-corrected chi connectivity index (χ2v) is 4.53. The number of aryl methyl sites for hydroxylation is 1. The summed E-state index contributed by atoms with van der Waals surface area (Å²) in [4.78, 5) is 14.1. The van der Waals surface area contributed by atoms with Gasteiger partial charge in [0.1, 0.15) is 0 Å². The zero-order chi connectivity index (χ0) is 13.9. The maximum Gasteiger partial charge on any atom is 0.195 e. The molecule has 0 aliphatic heterocycles. The summed E-state index contributed by atoms with van der Waals surface area (Å²) in [5.74, 6) is -0.0297. The first-order valence-corrected chi connectivity index (χ1v) is 6.33. The van der Waals surface area contributed by atoms with Crippen LogP contribution in [0.2, 0.25) is 0 Å². The predicted octanol–water partition coefficient (Wildman–Crippen LogP) is 2.81. The van der Waals surface area contributed by atoms with E-state index in [9.17, 15) is 4.79 Å². The average molecular weight is 263 g/mol. The van der Waals surface area contributed by atoms with Crippen molar-refractivity contribution in [2.24, 2.45) is 0 Å². The minimum absolute atomic E-state index is 0.0297. The summed E-state index contributed by atoms with van der Waals surface area (Å²) in [6.45, 7) is 1.98. The summed E-state index contributed by atoms with van der Waals surface area (Å²) in [6, 6.07) is 14.9. The third kappa shape index (κ3) is 2.23. The third-order valence-corrected chi connectivity index (χ3v) is 3.07. The van der Waals surface area contributed by atoms with Crippen molar-refractivity contribution in [3.8, 4) is 5.69 Å². The normalized spacial score (nSPS) is 10.4. The Kier molecular flexibility index (Phi) is 3.13. The minimum atomic E-state index is -0.0297. The molecule has 0 aliphatic carbocycles. The van der Waals surface area contributed by atoms with Gasteiger partial charge in [-0.1, -0.05) is 36.4 Å². The first-order valence-electron chi connectivity index (χ1n) is 6.33. The Morgan fingerprint density at radius 2 is 1.70 bits per heavy atom. The molecule has 98 valence electrons. The number of ketones is 1. The van der Waals surface area contributed by atoms with Gasteiger partial charge in [0.2, 0.25) is 0 Å². The SMILES string of the molecule is Cc1ccc(C(=O)c2ccccc2)c(-n2nccn2)c1. The molecule has 0 radical (unpaired) electrons. The minimum Gasteiger partial charge on any atom is -0.289 e. The van der Waals surface area contributed by atoms with Crippen LogP contribution in [0.15, 0.2) is 60.9 Å². The van der Waals surface area contributed by atoms with E-state index in [1.807, 2.05) is 55.5 Å². The van der Waals surface area contributed by atoms with Gasteiger partial charge >= 0.3 is 0 Å². The molecule has 0 aliphatic rings. The van der Waals surface area contributed by atoms with Crippen LogP contribution in [-0.4, -0.2) is 20.8 Å². The standard InChI is InChI=1S/C16H13N3O/c1-12-7-8-14(15(11-12)19-17-9-10-18-19)16(20)13-5-3-2-4-6-13/h2-11H,1H3. The molecule has 0 amide bonds. The fourth-order valence-electron chi connectivity index (χ4n) is 2.08. The van der Waals surface area contributed by atoms with Gasteiger partial charge in [0, 0.05) is 5.56 Å². The predicted molar refractivity (Wildman–Crippen MR) is 76.0 cm³/mol. The zero-order valence-electron chi connectivity index (χ0n) is 11.0. The van der Waals surface area contributed by atoms with Gasteiger partial charge in [-0.15, -0.1) is 0 Å². The van der Waals surface area contributed by atoms with E-state index in [1.165, 1.54) is 4.80 Å². The molecule has 1 heterocycles. The first kappa shape index (κ1) is 12.3. The maximum atomic E-state index is 12.6. The van der Waals surface area contributed by atoms with Gasteiger partial charge in [0.25, 0.3) is 0 Å². The highest BCUT2D eigenvalue weighted by atomic mass is 16.1. The second kappa shape index (κ2) is 5.09. The molecule has 0 bridgehead atoms. The third-order valence-electron chi connectivity index (χ3n) is 3.07. The Labute approximate surface area is 116 Å². The van der Waals surface area contributed by atoms with Crippen molar-refractivity contribution >= 4 is 5.78 Å². The Hall–Kier alpha value is -2.75. The van der Waals surface area contributed by atoms with Crippen LogP contribution in [0.1, 0.15) is 21.5 Å². The quantitative estimate of drug-likeness (QED) is 0.683. The van der Waals surface area contributed by atoms with Crippen molar-refractivity contribution in [1.29, 1.82) is 0 Å². The molecule has 3 aromatic rings. The number of rotatable bonds is 3. The molecule has 0 saturated carbocycles. The van der Waals surface area contributed by atoms with Gasteiger partial charge < -0.3 is 0 Å². The van der Waals surface area contributed by atoms with E-state index in [-0.39, 0.29) is 5.78 Å². The molecule has 4 heteroatoms. The molecule has 0 spiro atoms. The Bertz CT molecular complexity index is 734. The highest BCUT2D eigenvalue weighted by Gasteiger charge is 2.15. The fourth-order valence-corrected chi connectivity index (χ4v) is 2.08. The lowest BCUT2D eigenvalue weighted by atomic mass is 10.0. The van der Waals surface area contributed by atoms with Crippen LogP contribution in [0.4, 0.5) is 0 Å². The molecule has 0 N–H and O–H groups in total. The highest BCUT2D eigenvalue weighted by molar-refractivity contribution is 6.11. The molecule has 0 atom stereocenters. The van der Waals surface area contributed by atoms with Crippen molar-refractivity contribution in [2.75, 3.05) is 0 Å². The molecule has 0 saturated heterocycles. The Morgan fingerprint density at radius 3 is 2.40 bits per heavy atom. The monoisotopic (exact) mass is 263 g/mol. The van der Waals surface area contributed by atoms with Crippen molar-refractivity contribution in [3.63, 3.8) is 0 Å². The molecule has 0 unspecified atom stereocenters. The molecular weight excluding hydrogens is 250 g/mol. The molecule has 2 aromatic carbocycles. The zero-order valence-corrected chi connectivity index (χ0v) is 11.0. The van der Waals surface area contributed by atoms with Crippen molar-refractivity contribution < 1.29 is 4.79 Å². The molecular formula is C16H13N3O. The van der Waals surface area contributed by atoms with Gasteiger partial charge in [-0.05, 0) is 24.6 Å². The van der Waals surface area contributed by atoms with E-state index in [1.54, 1.807) is 12.4 Å². The van der Waals surface area contributed by atoms with Gasteiger partial charge in [-0.25, -0.2) is 0 Å². The summed E-state index contributed by atoms with van der Waals surface area (Å²) in [6.07, 6.45) is 3.19. The largest absolute Gasteiger partial charge is 0.289 e. The molecule has 0 fully saturated rings. The van der Waals surface area contributed by atoms with Crippen LogP contribution in [0, 0.1) is 6.92 Å². The van der Waals surface area contributed by atoms with Gasteiger partial charge in [0.05, 0.1) is 23.6 Å². The second-order valence-electron chi connectivity index (χ2n) is 4.53. The van der Waals surface area contributed by atoms with Gasteiger partial charge in [-0.2, -0.15) is 15.0 Å². The summed E-state index contributed by atoms with van der Waals surface area (Å²) >= 11 is 0. The number of carbonyl (C=O) groups excluding carboxylic acids is 1. The Morgan fingerprint density at radius 1 is 1.00 bits per heavy atom. The first-order chi connectivity index (χ1) is 9.75. The lowest BCUT2D eigenvalue weighted by Gasteiger charge is -2.09. The van der Waals surface area contributed by atoms with E-state index in [0.29, 0.717) is 16.8 Å². The highest BCUT2D eigenvalue weighted by Crippen LogP contribution is 2.19. The summed E-state index contributed by atoms with van der Waals surface area (Å²) in [5, 5.41) is 8.24. The molecule has 1 aromatic heterocycles. The van der Waals surface area contributed by atoms with Crippen LogP contribution < -0.4 is 0 Å².